The van der Waals surface area contributed by atoms with Gasteiger partial charge in [-0.2, -0.15) is 0 Å². The first-order valence-corrected chi connectivity index (χ1v) is 7.57. The molecule has 0 aliphatic heterocycles. The molecule has 0 heterocycles. The fraction of sp³-hybridized carbons (Fsp3) is 0.529. The van der Waals surface area contributed by atoms with Crippen LogP contribution in [0.5, 0.6) is 0 Å². The molecule has 0 radical (unpaired) electrons. The van der Waals surface area contributed by atoms with Crippen molar-refractivity contribution < 1.29 is 14.7 Å². The molecule has 0 spiro atoms. The quantitative estimate of drug-likeness (QED) is 0.720. The number of amides is 1. The van der Waals surface area contributed by atoms with Crippen LogP contribution < -0.4 is 5.32 Å². The van der Waals surface area contributed by atoms with Gasteiger partial charge in [0, 0.05) is 5.56 Å². The molecule has 0 aromatic heterocycles. The summed E-state index contributed by atoms with van der Waals surface area (Å²) in [6.45, 7) is 5.81. The van der Waals surface area contributed by atoms with E-state index >= 15 is 0 Å². The number of unbranched alkanes of at least 4 members (excludes halogenated alkanes) is 2. The summed E-state index contributed by atoms with van der Waals surface area (Å²) in [5.41, 5.74) is 0.390. The SMILES string of the molecule is CCCCCC(CC)(NC(=O)c1ccc(C)cc1)C(=O)O. The summed E-state index contributed by atoms with van der Waals surface area (Å²) in [5.74, 6) is -1.28. The lowest BCUT2D eigenvalue weighted by Gasteiger charge is -2.29. The van der Waals surface area contributed by atoms with E-state index in [1.54, 1.807) is 19.1 Å². The third-order valence-electron chi connectivity index (χ3n) is 3.89. The molecule has 1 atom stereocenters. The van der Waals surface area contributed by atoms with Crippen molar-refractivity contribution in [1.29, 1.82) is 0 Å². The smallest absolute Gasteiger partial charge is 0.329 e. The number of carbonyl (C=O) groups excluding carboxylic acids is 1. The van der Waals surface area contributed by atoms with Crippen LogP contribution in [-0.4, -0.2) is 22.5 Å². The van der Waals surface area contributed by atoms with Crippen LogP contribution >= 0.6 is 0 Å². The number of aryl methyl sites for hydroxylation is 1. The Morgan fingerprint density at radius 2 is 1.76 bits per heavy atom. The fourth-order valence-electron chi connectivity index (χ4n) is 2.31. The lowest BCUT2D eigenvalue weighted by Crippen LogP contribution is -2.54. The van der Waals surface area contributed by atoms with E-state index in [1.165, 1.54) is 0 Å². The summed E-state index contributed by atoms with van der Waals surface area (Å²) in [4.78, 5) is 23.9. The molecule has 0 bridgehead atoms. The third-order valence-corrected chi connectivity index (χ3v) is 3.89. The Morgan fingerprint density at radius 3 is 2.24 bits per heavy atom. The molecule has 0 saturated carbocycles. The number of hydrogen-bond acceptors (Lipinski definition) is 2. The normalized spacial score (nSPS) is 13.5. The third kappa shape index (κ3) is 4.59. The summed E-state index contributed by atoms with van der Waals surface area (Å²) < 4.78 is 0. The highest BCUT2D eigenvalue weighted by Crippen LogP contribution is 2.21. The molecule has 21 heavy (non-hydrogen) atoms. The van der Waals surface area contributed by atoms with Crippen molar-refractivity contribution >= 4 is 11.9 Å². The Labute approximate surface area is 126 Å². The van der Waals surface area contributed by atoms with Crippen molar-refractivity contribution in [3.63, 3.8) is 0 Å². The molecular formula is C17H25NO3. The van der Waals surface area contributed by atoms with Crippen LogP contribution in [0.3, 0.4) is 0 Å². The molecule has 0 aliphatic rings. The topological polar surface area (TPSA) is 66.4 Å². The van der Waals surface area contributed by atoms with Crippen molar-refractivity contribution in [3.8, 4) is 0 Å². The minimum absolute atomic E-state index is 0.323. The van der Waals surface area contributed by atoms with E-state index in [4.69, 9.17) is 0 Å². The lowest BCUT2D eigenvalue weighted by molar-refractivity contribution is -0.145. The summed E-state index contributed by atoms with van der Waals surface area (Å²) in [5, 5.41) is 12.3. The monoisotopic (exact) mass is 291 g/mol. The summed E-state index contributed by atoms with van der Waals surface area (Å²) in [6, 6.07) is 7.14. The highest BCUT2D eigenvalue weighted by molar-refractivity contribution is 5.97. The number of carboxylic acids is 1. The van der Waals surface area contributed by atoms with E-state index in [-0.39, 0.29) is 5.91 Å². The van der Waals surface area contributed by atoms with Crippen LogP contribution in [0.4, 0.5) is 0 Å². The Balaban J connectivity index is 2.86. The van der Waals surface area contributed by atoms with Gasteiger partial charge < -0.3 is 10.4 Å². The van der Waals surface area contributed by atoms with E-state index in [2.05, 4.69) is 12.2 Å². The maximum atomic E-state index is 12.3. The minimum atomic E-state index is -1.17. The van der Waals surface area contributed by atoms with Crippen LogP contribution in [-0.2, 0) is 4.79 Å². The van der Waals surface area contributed by atoms with Crippen LogP contribution in [0.2, 0.25) is 0 Å². The molecule has 1 aromatic rings. The number of benzene rings is 1. The summed E-state index contributed by atoms with van der Waals surface area (Å²) in [7, 11) is 0. The van der Waals surface area contributed by atoms with Crippen molar-refractivity contribution in [2.75, 3.05) is 0 Å². The first-order valence-electron chi connectivity index (χ1n) is 7.57. The Bertz CT molecular complexity index is 481. The predicted octanol–water partition coefficient (Wildman–Crippen LogP) is 3.54. The maximum Gasteiger partial charge on any atom is 0.329 e. The molecular weight excluding hydrogens is 266 g/mol. The van der Waals surface area contributed by atoms with Gasteiger partial charge in [-0.05, 0) is 31.9 Å². The van der Waals surface area contributed by atoms with Crippen molar-refractivity contribution in [1.82, 2.24) is 5.32 Å². The first-order chi connectivity index (χ1) is 9.95. The van der Waals surface area contributed by atoms with E-state index in [9.17, 15) is 14.7 Å². The van der Waals surface area contributed by atoms with E-state index in [0.29, 0.717) is 18.4 Å². The molecule has 1 amide bonds. The summed E-state index contributed by atoms with van der Waals surface area (Å²) in [6.07, 6.45) is 3.62. The number of nitrogens with one attached hydrogen (secondary N) is 1. The predicted molar refractivity (Wildman–Crippen MR) is 83.4 cm³/mol. The van der Waals surface area contributed by atoms with Gasteiger partial charge in [-0.1, -0.05) is 50.8 Å². The molecule has 1 rings (SSSR count). The van der Waals surface area contributed by atoms with Crippen LogP contribution in [0.25, 0.3) is 0 Å². The molecule has 0 saturated heterocycles. The van der Waals surface area contributed by atoms with Crippen molar-refractivity contribution in [3.05, 3.63) is 35.4 Å². The number of rotatable bonds is 8. The van der Waals surface area contributed by atoms with E-state index in [1.807, 2.05) is 19.1 Å². The Hall–Kier alpha value is -1.84. The highest BCUT2D eigenvalue weighted by atomic mass is 16.4. The summed E-state index contributed by atoms with van der Waals surface area (Å²) >= 11 is 0. The average Bonchev–Trinajstić information content (AvgIpc) is 2.46. The standard InChI is InChI=1S/C17H25NO3/c1-4-6-7-12-17(5-2,16(20)21)18-15(19)14-10-8-13(3)9-11-14/h8-11H,4-7,12H2,1-3H3,(H,18,19)(H,20,21). The lowest BCUT2D eigenvalue weighted by atomic mass is 9.89. The van der Waals surface area contributed by atoms with Crippen LogP contribution in [0.15, 0.2) is 24.3 Å². The second-order valence-corrected chi connectivity index (χ2v) is 5.52. The van der Waals surface area contributed by atoms with Gasteiger partial charge in [0.15, 0.2) is 0 Å². The van der Waals surface area contributed by atoms with Gasteiger partial charge in [-0.15, -0.1) is 0 Å². The first kappa shape index (κ1) is 17.2. The Kier molecular flexibility index (Phi) is 6.40. The second-order valence-electron chi connectivity index (χ2n) is 5.52. The van der Waals surface area contributed by atoms with Gasteiger partial charge in [0.1, 0.15) is 5.54 Å². The average molecular weight is 291 g/mol. The van der Waals surface area contributed by atoms with Gasteiger partial charge in [0.2, 0.25) is 0 Å². The Morgan fingerprint density at radius 1 is 1.14 bits per heavy atom. The zero-order valence-corrected chi connectivity index (χ0v) is 13.1. The maximum absolute atomic E-state index is 12.3. The molecule has 4 heteroatoms. The highest BCUT2D eigenvalue weighted by Gasteiger charge is 2.37. The molecule has 1 unspecified atom stereocenters. The largest absolute Gasteiger partial charge is 0.480 e. The van der Waals surface area contributed by atoms with Gasteiger partial charge in [0.05, 0.1) is 0 Å². The molecule has 0 aliphatic carbocycles. The van der Waals surface area contributed by atoms with Crippen LogP contribution in [0, 0.1) is 6.92 Å². The minimum Gasteiger partial charge on any atom is -0.480 e. The molecule has 2 N–H and O–H groups in total. The van der Waals surface area contributed by atoms with Gasteiger partial charge in [0.25, 0.3) is 5.91 Å². The molecule has 116 valence electrons. The molecule has 4 nitrogen and oxygen atoms in total. The van der Waals surface area contributed by atoms with E-state index in [0.717, 1.165) is 24.8 Å². The van der Waals surface area contributed by atoms with Gasteiger partial charge in [-0.25, -0.2) is 4.79 Å². The number of carbonyl (C=O) groups is 2. The van der Waals surface area contributed by atoms with Crippen molar-refractivity contribution in [2.24, 2.45) is 0 Å². The zero-order chi connectivity index (χ0) is 15.9. The van der Waals surface area contributed by atoms with Gasteiger partial charge in [-0.3, -0.25) is 4.79 Å². The number of aliphatic carboxylic acids is 1. The fourth-order valence-corrected chi connectivity index (χ4v) is 2.31. The van der Waals surface area contributed by atoms with Crippen LogP contribution in [0.1, 0.15) is 61.9 Å². The van der Waals surface area contributed by atoms with E-state index < -0.39 is 11.5 Å². The molecule has 0 fully saturated rings. The number of carboxylic acid groups (broad SMARTS) is 1. The number of hydrogen-bond donors (Lipinski definition) is 2. The van der Waals surface area contributed by atoms with Gasteiger partial charge >= 0.3 is 5.97 Å². The van der Waals surface area contributed by atoms with Crippen molar-refractivity contribution in [2.45, 2.75) is 58.4 Å². The zero-order valence-electron chi connectivity index (χ0n) is 13.1. The molecule has 1 aromatic carbocycles. The second kappa shape index (κ2) is 7.81.